The Kier molecular flexibility index (Phi) is 5.93. The molecule has 1 aromatic rings. The first-order valence-electron chi connectivity index (χ1n) is 7.74. The lowest BCUT2D eigenvalue weighted by atomic mass is 9.89. The summed E-state index contributed by atoms with van der Waals surface area (Å²) in [6, 6.07) is 2.12. The first-order chi connectivity index (χ1) is 9.29. The van der Waals surface area contributed by atoms with Crippen molar-refractivity contribution >= 4 is 0 Å². The van der Waals surface area contributed by atoms with Gasteiger partial charge in [-0.2, -0.15) is 0 Å². The van der Waals surface area contributed by atoms with E-state index in [-0.39, 0.29) is 0 Å². The minimum absolute atomic E-state index is 0.843. The Morgan fingerprint density at radius 3 is 2.84 bits per heavy atom. The maximum Gasteiger partial charge on any atom is 0.122 e. The molecule has 3 nitrogen and oxygen atoms in total. The van der Waals surface area contributed by atoms with Crippen molar-refractivity contribution in [3.05, 3.63) is 23.7 Å². The van der Waals surface area contributed by atoms with Crippen LogP contribution in [0.3, 0.4) is 0 Å². The van der Waals surface area contributed by atoms with Crippen LogP contribution < -0.4 is 5.32 Å². The molecule has 0 amide bonds. The normalized spacial score (nSPS) is 17.2. The molecule has 0 spiro atoms. The molecule has 1 aromatic heterocycles. The van der Waals surface area contributed by atoms with Crippen molar-refractivity contribution in [2.45, 2.75) is 52.1 Å². The fourth-order valence-corrected chi connectivity index (χ4v) is 3.07. The van der Waals surface area contributed by atoms with Crippen molar-refractivity contribution in [3.8, 4) is 0 Å². The van der Waals surface area contributed by atoms with Crippen molar-refractivity contribution in [1.29, 1.82) is 0 Å². The van der Waals surface area contributed by atoms with Crippen molar-refractivity contribution < 1.29 is 4.42 Å². The summed E-state index contributed by atoms with van der Waals surface area (Å²) in [6.45, 7) is 6.19. The highest BCUT2D eigenvalue weighted by molar-refractivity contribution is 5.16. The van der Waals surface area contributed by atoms with Crippen molar-refractivity contribution in [3.63, 3.8) is 0 Å². The van der Waals surface area contributed by atoms with Gasteiger partial charge in [-0.1, -0.05) is 26.2 Å². The lowest BCUT2D eigenvalue weighted by molar-refractivity contribution is 0.227. The highest BCUT2D eigenvalue weighted by Gasteiger charge is 2.16. The lowest BCUT2D eigenvalue weighted by Crippen LogP contribution is -2.27. The van der Waals surface area contributed by atoms with Crippen molar-refractivity contribution in [2.24, 2.45) is 5.92 Å². The van der Waals surface area contributed by atoms with Crippen LogP contribution in [0.15, 0.2) is 16.7 Å². The minimum atomic E-state index is 0.843. The van der Waals surface area contributed by atoms with E-state index in [4.69, 9.17) is 4.42 Å². The van der Waals surface area contributed by atoms with E-state index in [2.05, 4.69) is 30.3 Å². The topological polar surface area (TPSA) is 28.4 Å². The molecule has 0 bridgehead atoms. The van der Waals surface area contributed by atoms with Gasteiger partial charge in [0.15, 0.2) is 0 Å². The van der Waals surface area contributed by atoms with Gasteiger partial charge in [0.2, 0.25) is 0 Å². The molecule has 1 aliphatic rings. The summed E-state index contributed by atoms with van der Waals surface area (Å²) in [4.78, 5) is 2.45. The summed E-state index contributed by atoms with van der Waals surface area (Å²) in [6.07, 6.45) is 8.94. The van der Waals surface area contributed by atoms with E-state index < -0.39 is 0 Å². The van der Waals surface area contributed by atoms with E-state index in [1.165, 1.54) is 44.2 Å². The Hall–Kier alpha value is -0.800. The van der Waals surface area contributed by atoms with Gasteiger partial charge in [0, 0.05) is 18.7 Å². The largest absolute Gasteiger partial charge is 0.468 e. The van der Waals surface area contributed by atoms with Gasteiger partial charge >= 0.3 is 0 Å². The molecular formula is C16H28N2O. The van der Waals surface area contributed by atoms with Gasteiger partial charge in [-0.3, -0.25) is 0 Å². The van der Waals surface area contributed by atoms with Crippen LogP contribution in [0.4, 0.5) is 0 Å². The molecular weight excluding hydrogens is 236 g/mol. The number of furan rings is 1. The molecule has 0 aromatic carbocycles. The maximum atomic E-state index is 5.57. The van der Waals surface area contributed by atoms with Gasteiger partial charge in [0.25, 0.3) is 0 Å². The van der Waals surface area contributed by atoms with E-state index >= 15 is 0 Å². The SMILES string of the molecule is CCNCc1occc1CN(C)CC1CCCCC1. The number of nitrogens with one attached hydrogen (secondary N) is 1. The van der Waals surface area contributed by atoms with Crippen LogP contribution in [0.2, 0.25) is 0 Å². The first-order valence-corrected chi connectivity index (χ1v) is 7.74. The molecule has 19 heavy (non-hydrogen) atoms. The number of hydrogen-bond acceptors (Lipinski definition) is 3. The lowest BCUT2D eigenvalue weighted by Gasteiger charge is -2.26. The molecule has 3 heteroatoms. The first kappa shape index (κ1) is 14.6. The van der Waals surface area contributed by atoms with Crippen LogP contribution in [0.5, 0.6) is 0 Å². The number of rotatable bonds is 7. The molecule has 0 aliphatic heterocycles. The van der Waals surface area contributed by atoms with Crippen LogP contribution in [0.1, 0.15) is 50.4 Å². The van der Waals surface area contributed by atoms with Crippen LogP contribution in [0, 0.1) is 5.92 Å². The second kappa shape index (κ2) is 7.71. The van der Waals surface area contributed by atoms with Crippen LogP contribution in [-0.4, -0.2) is 25.0 Å². The Bertz CT molecular complexity index is 355. The highest BCUT2D eigenvalue weighted by Crippen LogP contribution is 2.24. The van der Waals surface area contributed by atoms with Crippen LogP contribution in [0.25, 0.3) is 0 Å². The van der Waals surface area contributed by atoms with Gasteiger partial charge in [0.05, 0.1) is 12.8 Å². The van der Waals surface area contributed by atoms with Gasteiger partial charge in [-0.15, -0.1) is 0 Å². The van der Waals surface area contributed by atoms with E-state index in [0.29, 0.717) is 0 Å². The summed E-state index contributed by atoms with van der Waals surface area (Å²) in [5.74, 6) is 2.00. The summed E-state index contributed by atoms with van der Waals surface area (Å²) in [5.41, 5.74) is 1.33. The Morgan fingerprint density at radius 2 is 2.11 bits per heavy atom. The molecule has 0 atom stereocenters. The molecule has 0 radical (unpaired) electrons. The van der Waals surface area contributed by atoms with Crippen molar-refractivity contribution in [1.82, 2.24) is 10.2 Å². The van der Waals surface area contributed by atoms with E-state index in [9.17, 15) is 0 Å². The Balaban J connectivity index is 1.80. The molecule has 1 fully saturated rings. The third kappa shape index (κ3) is 4.66. The summed E-state index contributed by atoms with van der Waals surface area (Å²) < 4.78 is 5.57. The van der Waals surface area contributed by atoms with Crippen LogP contribution >= 0.6 is 0 Å². The smallest absolute Gasteiger partial charge is 0.122 e. The zero-order valence-corrected chi connectivity index (χ0v) is 12.5. The van der Waals surface area contributed by atoms with Gasteiger partial charge in [-0.05, 0) is 38.4 Å². The van der Waals surface area contributed by atoms with Crippen molar-refractivity contribution in [2.75, 3.05) is 20.1 Å². The van der Waals surface area contributed by atoms with Gasteiger partial charge in [-0.25, -0.2) is 0 Å². The Labute approximate surface area is 117 Å². The predicted molar refractivity (Wildman–Crippen MR) is 79.0 cm³/mol. The second-order valence-corrected chi connectivity index (χ2v) is 5.85. The third-order valence-corrected chi connectivity index (χ3v) is 4.11. The maximum absolute atomic E-state index is 5.57. The molecule has 0 saturated heterocycles. The quantitative estimate of drug-likeness (QED) is 0.818. The second-order valence-electron chi connectivity index (χ2n) is 5.85. The van der Waals surface area contributed by atoms with Gasteiger partial charge < -0.3 is 14.6 Å². The van der Waals surface area contributed by atoms with Crippen LogP contribution in [-0.2, 0) is 13.1 Å². The predicted octanol–water partition coefficient (Wildman–Crippen LogP) is 3.40. The van der Waals surface area contributed by atoms with E-state index in [1.54, 1.807) is 0 Å². The molecule has 1 N–H and O–H groups in total. The van der Waals surface area contributed by atoms with E-state index in [0.717, 1.165) is 31.3 Å². The molecule has 108 valence electrons. The van der Waals surface area contributed by atoms with Gasteiger partial charge in [0.1, 0.15) is 5.76 Å². The van der Waals surface area contributed by atoms with E-state index in [1.807, 2.05) is 6.26 Å². The third-order valence-electron chi connectivity index (χ3n) is 4.11. The fourth-order valence-electron chi connectivity index (χ4n) is 3.07. The highest BCUT2D eigenvalue weighted by atomic mass is 16.3. The number of nitrogens with zero attached hydrogens (tertiary/aromatic N) is 1. The zero-order valence-electron chi connectivity index (χ0n) is 12.5. The minimum Gasteiger partial charge on any atom is -0.468 e. The summed E-state index contributed by atoms with van der Waals surface area (Å²) >= 11 is 0. The molecule has 1 aliphatic carbocycles. The zero-order chi connectivity index (χ0) is 13.5. The molecule has 2 rings (SSSR count). The standard InChI is InChI=1S/C16H28N2O/c1-3-17-11-16-15(9-10-19-16)13-18(2)12-14-7-5-4-6-8-14/h9-10,14,17H,3-8,11-13H2,1-2H3. The molecule has 1 heterocycles. The number of hydrogen-bond donors (Lipinski definition) is 1. The summed E-state index contributed by atoms with van der Waals surface area (Å²) in [7, 11) is 2.23. The molecule has 1 saturated carbocycles. The fraction of sp³-hybridized carbons (Fsp3) is 0.750. The monoisotopic (exact) mass is 264 g/mol. The summed E-state index contributed by atoms with van der Waals surface area (Å²) in [5, 5.41) is 3.33. The molecule has 0 unspecified atom stereocenters. The average Bonchev–Trinajstić information content (AvgIpc) is 2.84. The Morgan fingerprint density at radius 1 is 1.32 bits per heavy atom. The average molecular weight is 264 g/mol.